The van der Waals surface area contributed by atoms with Gasteiger partial charge in [0.25, 0.3) is 5.91 Å². The van der Waals surface area contributed by atoms with Gasteiger partial charge in [0.2, 0.25) is 5.91 Å². The van der Waals surface area contributed by atoms with Gasteiger partial charge in [-0.1, -0.05) is 32.9 Å². The predicted octanol–water partition coefficient (Wildman–Crippen LogP) is 3.91. The number of hydroxylamine groups is 1. The van der Waals surface area contributed by atoms with Crippen LogP contribution in [-0.4, -0.2) is 35.2 Å². The summed E-state index contributed by atoms with van der Waals surface area (Å²) in [6.07, 6.45) is 3.31. The first-order chi connectivity index (χ1) is 15.2. The van der Waals surface area contributed by atoms with E-state index in [0.717, 1.165) is 27.8 Å². The lowest BCUT2D eigenvalue weighted by atomic mass is 9.92. The largest absolute Gasteiger partial charge is 0.497 e. The fourth-order valence-corrected chi connectivity index (χ4v) is 3.71. The summed E-state index contributed by atoms with van der Waals surface area (Å²) >= 11 is 0. The van der Waals surface area contributed by atoms with Crippen molar-refractivity contribution in [1.29, 1.82) is 0 Å². The molecule has 3 rings (SSSR count). The molecule has 0 radical (unpaired) electrons. The molecule has 0 unspecified atom stereocenters. The zero-order valence-corrected chi connectivity index (χ0v) is 19.1. The molecule has 32 heavy (non-hydrogen) atoms. The molecule has 0 spiro atoms. The minimum atomic E-state index is -0.536. The summed E-state index contributed by atoms with van der Waals surface area (Å²) < 4.78 is 7.57. The van der Waals surface area contributed by atoms with Crippen molar-refractivity contribution < 1.29 is 19.5 Å². The highest BCUT2D eigenvalue weighted by molar-refractivity contribution is 5.93. The highest BCUT2D eigenvalue weighted by atomic mass is 16.5. The normalized spacial score (nSPS) is 11.4. The molecule has 3 N–H and O–H groups in total. The SMILES string of the molecule is COc1ccc2c(c1)c(CCNC(=O)CC(C)(C)C)cn2Cc1ccc(C(=O)NO)cc1. The van der Waals surface area contributed by atoms with Crippen molar-refractivity contribution in [2.45, 2.75) is 40.2 Å². The third-order valence-corrected chi connectivity index (χ3v) is 5.25. The second-order valence-corrected chi connectivity index (χ2v) is 9.14. The lowest BCUT2D eigenvalue weighted by Gasteiger charge is -2.17. The Morgan fingerprint density at radius 3 is 2.44 bits per heavy atom. The molecule has 2 aromatic carbocycles. The summed E-state index contributed by atoms with van der Waals surface area (Å²) in [4.78, 5) is 23.7. The second kappa shape index (κ2) is 9.87. The highest BCUT2D eigenvalue weighted by Crippen LogP contribution is 2.27. The van der Waals surface area contributed by atoms with E-state index < -0.39 is 5.91 Å². The second-order valence-electron chi connectivity index (χ2n) is 9.14. The van der Waals surface area contributed by atoms with E-state index in [1.165, 1.54) is 0 Å². The van der Waals surface area contributed by atoms with E-state index in [2.05, 4.69) is 36.9 Å². The summed E-state index contributed by atoms with van der Waals surface area (Å²) in [7, 11) is 1.65. The Labute approximate surface area is 188 Å². The number of rotatable bonds is 8. The van der Waals surface area contributed by atoms with E-state index in [4.69, 9.17) is 9.94 Å². The van der Waals surface area contributed by atoms with Crippen LogP contribution in [0.1, 0.15) is 48.7 Å². The first-order valence-corrected chi connectivity index (χ1v) is 10.7. The molecule has 0 aliphatic heterocycles. The maximum Gasteiger partial charge on any atom is 0.274 e. The van der Waals surface area contributed by atoms with Crippen LogP contribution in [0.2, 0.25) is 0 Å². The molecular formula is C25H31N3O4. The van der Waals surface area contributed by atoms with Crippen LogP contribution in [0.15, 0.2) is 48.7 Å². The summed E-state index contributed by atoms with van der Waals surface area (Å²) in [5, 5.41) is 12.9. The quantitative estimate of drug-likeness (QED) is 0.368. The van der Waals surface area contributed by atoms with Crippen molar-refractivity contribution in [3.8, 4) is 5.75 Å². The Hall–Kier alpha value is -3.32. The topological polar surface area (TPSA) is 92.6 Å². The van der Waals surface area contributed by atoms with Gasteiger partial charge in [-0.25, -0.2) is 5.48 Å². The molecule has 0 aliphatic rings. The van der Waals surface area contributed by atoms with E-state index in [-0.39, 0.29) is 11.3 Å². The number of carbonyl (C=O) groups excluding carboxylic acids is 2. The van der Waals surface area contributed by atoms with Crippen LogP contribution in [0.4, 0.5) is 0 Å². The molecule has 0 aliphatic carbocycles. The summed E-state index contributed by atoms with van der Waals surface area (Å²) in [5.41, 5.74) is 5.22. The Morgan fingerprint density at radius 1 is 1.09 bits per heavy atom. The van der Waals surface area contributed by atoms with Crippen LogP contribution in [0.3, 0.4) is 0 Å². The molecule has 7 heteroatoms. The first kappa shape index (κ1) is 23.3. The number of hydrogen-bond acceptors (Lipinski definition) is 4. The lowest BCUT2D eigenvalue weighted by molar-refractivity contribution is -0.122. The van der Waals surface area contributed by atoms with Gasteiger partial charge in [0, 0.05) is 42.2 Å². The molecule has 1 heterocycles. The van der Waals surface area contributed by atoms with E-state index in [0.29, 0.717) is 31.5 Å². The summed E-state index contributed by atoms with van der Waals surface area (Å²) in [6, 6.07) is 13.1. The van der Waals surface area contributed by atoms with Crippen molar-refractivity contribution in [1.82, 2.24) is 15.4 Å². The lowest BCUT2D eigenvalue weighted by Crippen LogP contribution is -2.29. The van der Waals surface area contributed by atoms with Gasteiger partial charge < -0.3 is 14.6 Å². The maximum absolute atomic E-state index is 12.2. The minimum absolute atomic E-state index is 0.0408. The zero-order chi connectivity index (χ0) is 23.3. The molecule has 0 saturated heterocycles. The Balaban J connectivity index is 1.80. The van der Waals surface area contributed by atoms with Crippen molar-refractivity contribution in [2.24, 2.45) is 5.41 Å². The van der Waals surface area contributed by atoms with Gasteiger partial charge in [-0.15, -0.1) is 0 Å². The monoisotopic (exact) mass is 437 g/mol. The number of benzene rings is 2. The maximum atomic E-state index is 12.2. The smallest absolute Gasteiger partial charge is 0.274 e. The first-order valence-electron chi connectivity index (χ1n) is 10.7. The Kier molecular flexibility index (Phi) is 7.20. The number of nitrogens with zero attached hydrogens (tertiary/aromatic N) is 1. The predicted molar refractivity (Wildman–Crippen MR) is 124 cm³/mol. The standard InChI is InChI=1S/C25H31N3O4/c1-25(2,3)14-23(29)26-12-11-19-16-28(22-10-9-20(32-4)13-21(19)22)15-17-5-7-18(8-6-17)24(30)27-31/h5-10,13,16,31H,11-12,14-15H2,1-4H3,(H,26,29)(H,27,30). The van der Waals surface area contributed by atoms with Crippen molar-refractivity contribution in [2.75, 3.05) is 13.7 Å². The average molecular weight is 438 g/mol. The van der Waals surface area contributed by atoms with Gasteiger partial charge in [-0.2, -0.15) is 0 Å². The van der Waals surface area contributed by atoms with Crippen LogP contribution < -0.4 is 15.5 Å². The van der Waals surface area contributed by atoms with Gasteiger partial charge in [0.15, 0.2) is 0 Å². The Morgan fingerprint density at radius 2 is 1.81 bits per heavy atom. The molecule has 0 saturated carbocycles. The van der Waals surface area contributed by atoms with Gasteiger partial charge in [0.1, 0.15) is 5.75 Å². The third kappa shape index (κ3) is 5.88. The fourth-order valence-electron chi connectivity index (χ4n) is 3.71. The van der Waals surface area contributed by atoms with Gasteiger partial charge >= 0.3 is 0 Å². The van der Waals surface area contributed by atoms with Gasteiger partial charge in [-0.3, -0.25) is 14.8 Å². The van der Waals surface area contributed by atoms with Crippen LogP contribution in [0.25, 0.3) is 10.9 Å². The minimum Gasteiger partial charge on any atom is -0.497 e. The van der Waals surface area contributed by atoms with Crippen molar-refractivity contribution in [3.05, 3.63) is 65.4 Å². The molecule has 0 bridgehead atoms. The number of nitrogens with one attached hydrogen (secondary N) is 2. The molecular weight excluding hydrogens is 406 g/mol. The number of hydrogen-bond donors (Lipinski definition) is 3. The third-order valence-electron chi connectivity index (χ3n) is 5.25. The van der Waals surface area contributed by atoms with Crippen molar-refractivity contribution in [3.63, 3.8) is 0 Å². The van der Waals surface area contributed by atoms with Gasteiger partial charge in [0.05, 0.1) is 7.11 Å². The van der Waals surface area contributed by atoms with Gasteiger partial charge in [-0.05, 0) is 53.3 Å². The molecule has 2 amide bonds. The van der Waals surface area contributed by atoms with E-state index in [1.807, 2.05) is 30.3 Å². The zero-order valence-electron chi connectivity index (χ0n) is 19.1. The fraction of sp³-hybridized carbons (Fsp3) is 0.360. The van der Waals surface area contributed by atoms with Crippen LogP contribution >= 0.6 is 0 Å². The molecule has 7 nitrogen and oxygen atoms in total. The summed E-state index contributed by atoms with van der Waals surface area (Å²) in [5.74, 6) is 0.310. The van der Waals surface area contributed by atoms with E-state index in [1.54, 1.807) is 24.7 Å². The van der Waals surface area contributed by atoms with Crippen LogP contribution in [-0.2, 0) is 17.8 Å². The van der Waals surface area contributed by atoms with E-state index in [9.17, 15) is 9.59 Å². The van der Waals surface area contributed by atoms with Crippen LogP contribution in [0, 0.1) is 5.41 Å². The molecule has 3 aromatic rings. The van der Waals surface area contributed by atoms with E-state index >= 15 is 0 Å². The molecule has 0 atom stereocenters. The van der Waals surface area contributed by atoms with Crippen molar-refractivity contribution >= 4 is 22.7 Å². The number of fused-ring (bicyclic) bond motifs is 1. The number of carbonyl (C=O) groups is 2. The summed E-state index contributed by atoms with van der Waals surface area (Å²) in [6.45, 7) is 7.34. The van der Waals surface area contributed by atoms with Crippen LogP contribution in [0.5, 0.6) is 5.75 Å². The number of ether oxygens (including phenoxy) is 1. The molecule has 170 valence electrons. The molecule has 1 aromatic heterocycles. The highest BCUT2D eigenvalue weighted by Gasteiger charge is 2.16. The Bertz CT molecular complexity index is 1090. The number of amides is 2. The average Bonchev–Trinajstić information content (AvgIpc) is 3.09. The number of methoxy groups -OCH3 is 1. The molecule has 0 fully saturated rings. The number of aromatic nitrogens is 1.